The largest absolute Gasteiger partial charge is 0.481 e. The van der Waals surface area contributed by atoms with Crippen LogP contribution in [0.1, 0.15) is 11.1 Å². The van der Waals surface area contributed by atoms with E-state index in [1.54, 1.807) is 12.1 Å². The molecule has 0 atom stereocenters. The number of hydrogen-bond donors (Lipinski definition) is 2. The van der Waals surface area contributed by atoms with E-state index in [-0.39, 0.29) is 17.3 Å². The quantitative estimate of drug-likeness (QED) is 0.436. The van der Waals surface area contributed by atoms with Crippen molar-refractivity contribution in [1.29, 1.82) is 0 Å². The average Bonchev–Trinajstić information content (AvgIpc) is 3.06. The smallest absolute Gasteiger partial charge is 0.418 e. The first kappa shape index (κ1) is 18.8. The summed E-state index contributed by atoms with van der Waals surface area (Å²) in [6.07, 6.45) is -4.92. The van der Waals surface area contributed by atoms with Crippen LogP contribution in [-0.4, -0.2) is 16.1 Å². The summed E-state index contributed by atoms with van der Waals surface area (Å²) < 4.78 is 40.3. The third kappa shape index (κ3) is 3.61. The maximum Gasteiger partial charge on any atom is 0.418 e. The summed E-state index contributed by atoms with van der Waals surface area (Å²) >= 11 is 0. The van der Waals surface area contributed by atoms with E-state index in [4.69, 9.17) is 0 Å². The van der Waals surface area contributed by atoms with Crippen LogP contribution >= 0.6 is 0 Å². The number of carbonyl (C=O) groups is 1. The van der Waals surface area contributed by atoms with E-state index in [1.807, 2.05) is 42.5 Å². The number of aromatic nitrogens is 1. The Labute approximate surface area is 164 Å². The fourth-order valence-corrected chi connectivity index (χ4v) is 3.55. The number of rotatable bonds is 4. The van der Waals surface area contributed by atoms with E-state index in [2.05, 4.69) is 4.98 Å². The van der Waals surface area contributed by atoms with Crippen LogP contribution in [-0.2, 0) is 17.4 Å². The normalized spacial score (nSPS) is 11.7. The fraction of sp³-hybridized carbons (Fsp3) is 0.0870. The number of para-hydroxylation sites is 1. The van der Waals surface area contributed by atoms with Gasteiger partial charge in [-0.25, -0.2) is 0 Å². The minimum Gasteiger partial charge on any atom is -0.481 e. The molecular formula is C23H16F3NO2. The van der Waals surface area contributed by atoms with E-state index >= 15 is 0 Å². The molecule has 0 saturated carbocycles. The zero-order valence-electron chi connectivity index (χ0n) is 15.1. The van der Waals surface area contributed by atoms with Gasteiger partial charge in [0.1, 0.15) is 0 Å². The van der Waals surface area contributed by atoms with Crippen molar-refractivity contribution in [3.63, 3.8) is 0 Å². The Bertz CT molecular complexity index is 1180. The molecule has 2 N–H and O–H groups in total. The molecule has 4 aromatic rings. The van der Waals surface area contributed by atoms with Gasteiger partial charge in [0.15, 0.2) is 0 Å². The molecular weight excluding hydrogens is 379 g/mol. The SMILES string of the molecule is O=C(O)Cc1c(-c2ccc(-c3ccccc3)cc2)[nH]c2c(C(F)(F)F)cccc12. The van der Waals surface area contributed by atoms with Crippen molar-refractivity contribution in [3.8, 4) is 22.4 Å². The van der Waals surface area contributed by atoms with Crippen LogP contribution < -0.4 is 0 Å². The predicted molar refractivity (Wildman–Crippen MR) is 106 cm³/mol. The highest BCUT2D eigenvalue weighted by molar-refractivity contribution is 5.96. The van der Waals surface area contributed by atoms with E-state index in [0.717, 1.165) is 17.2 Å². The van der Waals surface area contributed by atoms with Crippen LogP contribution in [0.3, 0.4) is 0 Å². The van der Waals surface area contributed by atoms with Gasteiger partial charge in [-0.05, 0) is 28.3 Å². The third-order valence-electron chi connectivity index (χ3n) is 4.86. The Morgan fingerprint density at radius 3 is 2.07 bits per heavy atom. The van der Waals surface area contributed by atoms with Crippen LogP contribution in [0.25, 0.3) is 33.3 Å². The Morgan fingerprint density at radius 1 is 0.828 bits per heavy atom. The van der Waals surface area contributed by atoms with Crippen molar-refractivity contribution in [2.24, 2.45) is 0 Å². The minimum absolute atomic E-state index is 0.0987. The van der Waals surface area contributed by atoms with E-state index < -0.39 is 17.7 Å². The van der Waals surface area contributed by atoms with Crippen molar-refractivity contribution < 1.29 is 23.1 Å². The summed E-state index contributed by atoms with van der Waals surface area (Å²) in [6, 6.07) is 20.8. The number of aliphatic carboxylic acids is 1. The third-order valence-corrected chi connectivity index (χ3v) is 4.86. The van der Waals surface area contributed by atoms with Crippen molar-refractivity contribution in [1.82, 2.24) is 4.98 Å². The zero-order valence-corrected chi connectivity index (χ0v) is 15.1. The van der Waals surface area contributed by atoms with Gasteiger partial charge in [0.05, 0.1) is 23.2 Å². The maximum atomic E-state index is 13.4. The summed E-state index contributed by atoms with van der Waals surface area (Å²) in [5, 5.41) is 9.57. The summed E-state index contributed by atoms with van der Waals surface area (Å²) in [5.74, 6) is -1.11. The molecule has 0 aliphatic rings. The number of fused-ring (bicyclic) bond motifs is 1. The maximum absolute atomic E-state index is 13.4. The summed E-state index contributed by atoms with van der Waals surface area (Å²) in [5.41, 5.74) is 2.42. The minimum atomic E-state index is -4.54. The number of halogens is 3. The van der Waals surface area contributed by atoms with Crippen molar-refractivity contribution in [2.75, 3.05) is 0 Å². The van der Waals surface area contributed by atoms with Crippen molar-refractivity contribution in [2.45, 2.75) is 12.6 Å². The summed E-state index contributed by atoms with van der Waals surface area (Å²) in [6.45, 7) is 0. The molecule has 3 nitrogen and oxygen atoms in total. The molecule has 0 fully saturated rings. The molecule has 4 rings (SSSR count). The number of H-pyrrole nitrogens is 1. The molecule has 0 aliphatic carbocycles. The van der Waals surface area contributed by atoms with Crippen LogP contribution in [0.15, 0.2) is 72.8 Å². The van der Waals surface area contributed by atoms with Gasteiger partial charge in [0.2, 0.25) is 0 Å². The van der Waals surface area contributed by atoms with Crippen LogP contribution in [0.5, 0.6) is 0 Å². The fourth-order valence-electron chi connectivity index (χ4n) is 3.55. The molecule has 0 saturated heterocycles. The molecule has 0 radical (unpaired) electrons. The summed E-state index contributed by atoms with van der Waals surface area (Å²) in [4.78, 5) is 14.2. The molecule has 0 amide bonds. The second kappa shape index (κ2) is 7.13. The highest BCUT2D eigenvalue weighted by atomic mass is 19.4. The Balaban J connectivity index is 1.87. The molecule has 3 aromatic carbocycles. The molecule has 0 unspecified atom stereocenters. The Kier molecular flexibility index (Phi) is 4.62. The number of aromatic amines is 1. The molecule has 0 spiro atoms. The lowest BCUT2D eigenvalue weighted by atomic mass is 9.99. The highest BCUT2D eigenvalue weighted by Gasteiger charge is 2.34. The number of benzene rings is 3. The van der Waals surface area contributed by atoms with Crippen LogP contribution in [0.4, 0.5) is 13.2 Å². The number of carboxylic acids is 1. The Morgan fingerprint density at radius 2 is 1.45 bits per heavy atom. The first-order valence-corrected chi connectivity index (χ1v) is 8.93. The van der Waals surface area contributed by atoms with Gasteiger partial charge in [-0.2, -0.15) is 13.2 Å². The van der Waals surface area contributed by atoms with Gasteiger partial charge in [-0.3, -0.25) is 4.79 Å². The molecule has 6 heteroatoms. The molecule has 1 aromatic heterocycles. The average molecular weight is 395 g/mol. The number of carboxylic acid groups (broad SMARTS) is 1. The van der Waals surface area contributed by atoms with E-state index in [9.17, 15) is 23.1 Å². The lowest BCUT2D eigenvalue weighted by Crippen LogP contribution is -2.05. The van der Waals surface area contributed by atoms with Gasteiger partial charge in [0.25, 0.3) is 0 Å². The van der Waals surface area contributed by atoms with Crippen LogP contribution in [0, 0.1) is 0 Å². The predicted octanol–water partition coefficient (Wildman–Crippen LogP) is 6.15. The van der Waals surface area contributed by atoms with Gasteiger partial charge in [-0.15, -0.1) is 0 Å². The highest BCUT2D eigenvalue weighted by Crippen LogP contribution is 2.39. The second-order valence-electron chi connectivity index (χ2n) is 6.72. The number of hydrogen-bond acceptors (Lipinski definition) is 1. The van der Waals surface area contributed by atoms with E-state index in [1.165, 1.54) is 12.1 Å². The first-order valence-electron chi connectivity index (χ1n) is 8.93. The lowest BCUT2D eigenvalue weighted by molar-refractivity contribution is -0.137. The topological polar surface area (TPSA) is 53.1 Å². The van der Waals surface area contributed by atoms with Crippen LogP contribution in [0.2, 0.25) is 0 Å². The van der Waals surface area contributed by atoms with Gasteiger partial charge < -0.3 is 10.1 Å². The van der Waals surface area contributed by atoms with Crippen molar-refractivity contribution in [3.05, 3.63) is 83.9 Å². The number of alkyl halides is 3. The zero-order chi connectivity index (χ0) is 20.6. The van der Waals surface area contributed by atoms with Gasteiger partial charge >= 0.3 is 12.1 Å². The number of nitrogens with one attached hydrogen (secondary N) is 1. The molecule has 0 bridgehead atoms. The lowest BCUT2D eigenvalue weighted by Gasteiger charge is -2.07. The van der Waals surface area contributed by atoms with Crippen molar-refractivity contribution >= 4 is 16.9 Å². The van der Waals surface area contributed by atoms with E-state index in [0.29, 0.717) is 16.8 Å². The van der Waals surface area contributed by atoms with Gasteiger partial charge in [0, 0.05) is 5.39 Å². The molecule has 0 aliphatic heterocycles. The molecule has 29 heavy (non-hydrogen) atoms. The Hall–Kier alpha value is -3.54. The van der Waals surface area contributed by atoms with Gasteiger partial charge in [-0.1, -0.05) is 66.7 Å². The standard InChI is InChI=1S/C23H16F3NO2/c24-23(25,26)19-8-4-7-17-18(13-20(28)29)21(27-22(17)19)16-11-9-15(10-12-16)14-5-2-1-3-6-14/h1-12,27H,13H2,(H,28,29). The second-order valence-corrected chi connectivity index (χ2v) is 6.72. The first-order chi connectivity index (χ1) is 13.8. The summed E-state index contributed by atoms with van der Waals surface area (Å²) in [7, 11) is 0. The molecule has 146 valence electrons. The monoisotopic (exact) mass is 395 g/mol. The molecule has 1 heterocycles.